The molecule has 4 heteroatoms. The Balaban J connectivity index is 2.23. The van der Waals surface area contributed by atoms with Crippen molar-refractivity contribution in [2.75, 3.05) is 0 Å². The van der Waals surface area contributed by atoms with E-state index in [1.54, 1.807) is 54.6 Å². The molecule has 0 heterocycles. The van der Waals surface area contributed by atoms with Gasteiger partial charge in [-0.15, -0.1) is 0 Å². The monoisotopic (exact) mass is 310 g/mol. The molecular weight excluding hydrogens is 303 g/mol. The molecule has 0 N–H and O–H groups in total. The number of hydrogen-bond acceptors (Lipinski definition) is 1. The predicted molar refractivity (Wildman–Crippen MR) is 81.1 cm³/mol. The van der Waals surface area contributed by atoms with Gasteiger partial charge in [-0.2, -0.15) is 0 Å². The van der Waals surface area contributed by atoms with Gasteiger partial charge in [-0.25, -0.2) is 0 Å². The van der Waals surface area contributed by atoms with Gasteiger partial charge in [0.05, 0.1) is 5.03 Å². The van der Waals surface area contributed by atoms with Gasteiger partial charge in [0.15, 0.2) is 0 Å². The number of Topliss-reactive ketones (excluding diaryl/α,β-unsaturated/α-hetero) is 1. The van der Waals surface area contributed by atoms with Gasteiger partial charge in [0.25, 0.3) is 0 Å². The van der Waals surface area contributed by atoms with Crippen molar-refractivity contribution < 1.29 is 4.79 Å². The van der Waals surface area contributed by atoms with Gasteiger partial charge >= 0.3 is 0 Å². The molecule has 0 saturated carbocycles. The van der Waals surface area contributed by atoms with Gasteiger partial charge in [0.2, 0.25) is 5.78 Å². The summed E-state index contributed by atoms with van der Waals surface area (Å²) in [5.74, 6) is -0.242. The molecule has 0 aromatic heterocycles. The molecule has 2 aromatic carbocycles. The lowest BCUT2D eigenvalue weighted by atomic mass is 10.1. The van der Waals surface area contributed by atoms with Gasteiger partial charge in [0.1, 0.15) is 0 Å². The number of ketones is 1. The minimum atomic E-state index is -0.242. The highest BCUT2D eigenvalue weighted by Gasteiger charge is 2.09. The number of allylic oxidation sites excluding steroid dienone is 1. The normalized spacial score (nSPS) is 11.4. The average molecular weight is 312 g/mol. The first-order chi connectivity index (χ1) is 9.06. The molecule has 0 unspecified atom stereocenters. The van der Waals surface area contributed by atoms with Gasteiger partial charge in [0, 0.05) is 15.6 Å². The molecule has 0 saturated heterocycles. The fourth-order valence-electron chi connectivity index (χ4n) is 1.51. The Kier molecular flexibility index (Phi) is 4.65. The largest absolute Gasteiger partial charge is 0.288 e. The van der Waals surface area contributed by atoms with E-state index in [-0.39, 0.29) is 10.8 Å². The van der Waals surface area contributed by atoms with Crippen LogP contribution >= 0.6 is 34.8 Å². The molecule has 0 aliphatic rings. The van der Waals surface area contributed by atoms with Crippen LogP contribution in [0, 0.1) is 0 Å². The fourth-order valence-corrected chi connectivity index (χ4v) is 2.00. The summed E-state index contributed by atoms with van der Waals surface area (Å²) in [4.78, 5) is 12.1. The Labute approximate surface area is 126 Å². The van der Waals surface area contributed by atoms with E-state index in [9.17, 15) is 4.79 Å². The van der Waals surface area contributed by atoms with E-state index in [4.69, 9.17) is 34.8 Å². The Morgan fingerprint density at radius 3 is 1.84 bits per heavy atom. The van der Waals surface area contributed by atoms with Gasteiger partial charge in [-0.05, 0) is 48.0 Å². The highest BCUT2D eigenvalue weighted by Crippen LogP contribution is 2.19. The first kappa shape index (κ1) is 14.1. The van der Waals surface area contributed by atoms with Crippen LogP contribution in [0.5, 0.6) is 0 Å². The summed E-state index contributed by atoms with van der Waals surface area (Å²) >= 11 is 17.6. The van der Waals surface area contributed by atoms with Crippen molar-refractivity contribution in [3.05, 3.63) is 74.7 Å². The van der Waals surface area contributed by atoms with E-state index >= 15 is 0 Å². The molecule has 0 fully saturated rings. The summed E-state index contributed by atoms with van der Waals surface area (Å²) in [6.45, 7) is 0. The lowest BCUT2D eigenvalue weighted by molar-refractivity contribution is 0.104. The van der Waals surface area contributed by atoms with Crippen molar-refractivity contribution in [1.82, 2.24) is 0 Å². The topological polar surface area (TPSA) is 17.1 Å². The van der Waals surface area contributed by atoms with Crippen molar-refractivity contribution in [3.63, 3.8) is 0 Å². The molecular formula is C15H9Cl3O. The van der Waals surface area contributed by atoms with E-state index < -0.39 is 0 Å². The van der Waals surface area contributed by atoms with Crippen LogP contribution in [0.2, 0.25) is 10.0 Å². The maximum absolute atomic E-state index is 12.1. The highest BCUT2D eigenvalue weighted by molar-refractivity contribution is 6.47. The van der Waals surface area contributed by atoms with Crippen molar-refractivity contribution in [3.8, 4) is 0 Å². The third-order valence-corrected chi connectivity index (χ3v) is 3.27. The van der Waals surface area contributed by atoms with E-state index in [1.807, 2.05) is 0 Å². The van der Waals surface area contributed by atoms with E-state index in [2.05, 4.69) is 0 Å². The van der Waals surface area contributed by atoms with Crippen molar-refractivity contribution >= 4 is 46.7 Å². The second-order valence-electron chi connectivity index (χ2n) is 3.88. The molecule has 0 atom stereocenters. The van der Waals surface area contributed by atoms with Crippen LogP contribution in [0.3, 0.4) is 0 Å². The van der Waals surface area contributed by atoms with Crippen LogP contribution in [0.4, 0.5) is 0 Å². The SMILES string of the molecule is O=C(/C(Cl)=C/c1ccc(Cl)cc1)c1ccc(Cl)cc1. The molecule has 0 spiro atoms. The van der Waals surface area contributed by atoms with Gasteiger partial charge in [-0.1, -0.05) is 46.9 Å². The Hall–Kier alpha value is -1.28. The third-order valence-electron chi connectivity index (χ3n) is 2.49. The number of halogens is 3. The van der Waals surface area contributed by atoms with Crippen molar-refractivity contribution in [2.45, 2.75) is 0 Å². The van der Waals surface area contributed by atoms with Crippen LogP contribution in [-0.2, 0) is 0 Å². The average Bonchev–Trinajstić information content (AvgIpc) is 2.41. The summed E-state index contributed by atoms with van der Waals surface area (Å²) in [5, 5.41) is 1.36. The Morgan fingerprint density at radius 2 is 1.32 bits per heavy atom. The molecule has 1 nitrogen and oxygen atoms in total. The smallest absolute Gasteiger partial charge is 0.204 e. The predicted octanol–water partition coefficient (Wildman–Crippen LogP) is 5.46. The molecule has 2 rings (SSSR count). The molecule has 2 aromatic rings. The van der Waals surface area contributed by atoms with Crippen molar-refractivity contribution in [1.29, 1.82) is 0 Å². The number of benzene rings is 2. The first-order valence-electron chi connectivity index (χ1n) is 5.49. The summed E-state index contributed by atoms with van der Waals surface area (Å²) in [5.41, 5.74) is 1.32. The Bertz CT molecular complexity index is 613. The second kappa shape index (κ2) is 6.25. The van der Waals surface area contributed by atoms with E-state index in [0.717, 1.165) is 5.56 Å². The number of carbonyl (C=O) groups is 1. The second-order valence-corrected chi connectivity index (χ2v) is 5.16. The van der Waals surface area contributed by atoms with Crippen LogP contribution in [0.15, 0.2) is 53.6 Å². The molecule has 19 heavy (non-hydrogen) atoms. The van der Waals surface area contributed by atoms with Crippen molar-refractivity contribution in [2.24, 2.45) is 0 Å². The summed E-state index contributed by atoms with van der Waals surface area (Å²) in [6.07, 6.45) is 1.61. The minimum absolute atomic E-state index is 0.143. The number of hydrogen-bond donors (Lipinski definition) is 0. The van der Waals surface area contributed by atoms with E-state index in [0.29, 0.717) is 15.6 Å². The minimum Gasteiger partial charge on any atom is -0.288 e. The Morgan fingerprint density at radius 1 is 0.842 bits per heavy atom. The van der Waals surface area contributed by atoms with Crippen LogP contribution in [-0.4, -0.2) is 5.78 Å². The van der Waals surface area contributed by atoms with Gasteiger partial charge < -0.3 is 0 Å². The summed E-state index contributed by atoms with van der Waals surface area (Å²) < 4.78 is 0. The molecule has 0 aliphatic carbocycles. The summed E-state index contributed by atoms with van der Waals surface area (Å²) in [6, 6.07) is 13.7. The maximum Gasteiger partial charge on any atom is 0.204 e. The molecule has 96 valence electrons. The van der Waals surface area contributed by atoms with Crippen LogP contribution in [0.1, 0.15) is 15.9 Å². The zero-order valence-electron chi connectivity index (χ0n) is 9.74. The van der Waals surface area contributed by atoms with E-state index in [1.165, 1.54) is 0 Å². The van der Waals surface area contributed by atoms with Gasteiger partial charge in [-0.3, -0.25) is 4.79 Å². The fraction of sp³-hybridized carbons (Fsp3) is 0. The maximum atomic E-state index is 12.1. The van der Waals surface area contributed by atoms with Crippen LogP contribution < -0.4 is 0 Å². The number of rotatable bonds is 3. The molecule has 0 radical (unpaired) electrons. The molecule has 0 aliphatic heterocycles. The molecule has 0 amide bonds. The number of carbonyl (C=O) groups excluding carboxylic acids is 1. The van der Waals surface area contributed by atoms with Crippen LogP contribution in [0.25, 0.3) is 6.08 Å². The first-order valence-corrected chi connectivity index (χ1v) is 6.63. The summed E-state index contributed by atoms with van der Waals surface area (Å²) in [7, 11) is 0. The zero-order valence-corrected chi connectivity index (χ0v) is 12.0. The highest BCUT2D eigenvalue weighted by atomic mass is 35.5. The zero-order chi connectivity index (χ0) is 13.8. The quantitative estimate of drug-likeness (QED) is 0.543. The third kappa shape index (κ3) is 3.84. The molecule has 0 bridgehead atoms. The lowest BCUT2D eigenvalue weighted by Crippen LogP contribution is -1.98. The standard InChI is InChI=1S/C15H9Cl3O/c16-12-5-1-10(2-6-12)9-14(18)15(19)11-3-7-13(17)8-4-11/h1-9H/b14-9-. The lowest BCUT2D eigenvalue weighted by Gasteiger charge is -2.00.